The number of likely N-dealkylation sites (N-methyl/N-ethyl adjacent to an activating group) is 1. The van der Waals surface area contributed by atoms with Crippen LogP contribution >= 0.6 is 0 Å². The average molecular weight is 485 g/mol. The van der Waals surface area contributed by atoms with E-state index in [2.05, 4.69) is 5.32 Å². The smallest absolute Gasteiger partial charge is 0.261 e. The van der Waals surface area contributed by atoms with E-state index in [1.165, 1.54) is 17.0 Å². The third-order valence-electron chi connectivity index (χ3n) is 5.99. The van der Waals surface area contributed by atoms with E-state index in [-0.39, 0.29) is 30.8 Å². The van der Waals surface area contributed by atoms with Crippen LogP contribution in [0.4, 0.5) is 4.39 Å². The summed E-state index contributed by atoms with van der Waals surface area (Å²) < 4.78 is 19.5. The molecule has 0 spiro atoms. The number of rotatable bonds is 10. The molecule has 184 valence electrons. The van der Waals surface area contributed by atoms with Gasteiger partial charge in [-0.1, -0.05) is 78.9 Å². The number of hydrogen-bond acceptors (Lipinski definition) is 3. The predicted octanol–water partition coefficient (Wildman–Crippen LogP) is 5.13. The highest BCUT2D eigenvalue weighted by Gasteiger charge is 2.30. The molecule has 36 heavy (non-hydrogen) atoms. The number of carbonyl (C=O) groups excluding carboxylic acids is 2. The molecular weight excluding hydrogens is 455 g/mol. The lowest BCUT2D eigenvalue weighted by Crippen LogP contribution is -2.51. The SMILES string of the molecule is CCNC(=O)[C@H](Cc1ccccc1)N(Cc1ccc(F)cc1)C(=O)COc1cccc2ccccc12. The molecular formula is C30H29FN2O3. The van der Waals surface area contributed by atoms with Gasteiger partial charge in [-0.2, -0.15) is 0 Å². The second-order valence-corrected chi connectivity index (χ2v) is 8.51. The number of ether oxygens (including phenoxy) is 1. The van der Waals surface area contributed by atoms with Gasteiger partial charge in [0, 0.05) is 24.9 Å². The number of amides is 2. The minimum atomic E-state index is -0.763. The Labute approximate surface area is 210 Å². The molecule has 4 aromatic carbocycles. The van der Waals surface area contributed by atoms with Crippen LogP contribution in [0.1, 0.15) is 18.1 Å². The van der Waals surface area contributed by atoms with E-state index in [1.807, 2.05) is 79.7 Å². The number of fused-ring (bicyclic) bond motifs is 1. The molecule has 4 aromatic rings. The van der Waals surface area contributed by atoms with Gasteiger partial charge in [0.05, 0.1) is 0 Å². The molecule has 0 fully saturated rings. The molecule has 0 saturated carbocycles. The molecule has 0 bridgehead atoms. The third-order valence-corrected chi connectivity index (χ3v) is 5.99. The Morgan fingerprint density at radius 2 is 1.56 bits per heavy atom. The molecule has 0 heterocycles. The van der Waals surface area contributed by atoms with Crippen molar-refractivity contribution < 1.29 is 18.7 Å². The van der Waals surface area contributed by atoms with Gasteiger partial charge in [-0.25, -0.2) is 4.39 Å². The van der Waals surface area contributed by atoms with Gasteiger partial charge >= 0.3 is 0 Å². The summed E-state index contributed by atoms with van der Waals surface area (Å²) in [6.07, 6.45) is 0.341. The third kappa shape index (κ3) is 6.27. The molecule has 1 atom stereocenters. The summed E-state index contributed by atoms with van der Waals surface area (Å²) in [6.45, 7) is 2.19. The van der Waals surface area contributed by atoms with Gasteiger partial charge in [0.2, 0.25) is 5.91 Å². The number of hydrogen-bond donors (Lipinski definition) is 1. The molecule has 0 aliphatic rings. The van der Waals surface area contributed by atoms with E-state index in [4.69, 9.17) is 4.74 Å². The van der Waals surface area contributed by atoms with Crippen LogP contribution in [-0.2, 0) is 22.6 Å². The zero-order chi connectivity index (χ0) is 25.3. The van der Waals surface area contributed by atoms with Crippen molar-refractivity contribution in [2.75, 3.05) is 13.2 Å². The molecule has 0 aromatic heterocycles. The lowest BCUT2D eigenvalue weighted by molar-refractivity contribution is -0.142. The molecule has 1 N–H and O–H groups in total. The summed E-state index contributed by atoms with van der Waals surface area (Å²) in [7, 11) is 0. The maximum atomic E-state index is 13.6. The fraction of sp³-hybridized carbons (Fsp3) is 0.200. The van der Waals surface area contributed by atoms with Crippen LogP contribution in [0.15, 0.2) is 97.1 Å². The molecule has 0 unspecified atom stereocenters. The van der Waals surface area contributed by atoms with E-state index < -0.39 is 6.04 Å². The van der Waals surface area contributed by atoms with E-state index in [1.54, 1.807) is 12.1 Å². The molecule has 0 saturated heterocycles. The summed E-state index contributed by atoms with van der Waals surface area (Å²) in [6, 6.07) is 28.2. The van der Waals surface area contributed by atoms with Crippen LogP contribution in [0, 0.1) is 5.82 Å². The maximum Gasteiger partial charge on any atom is 0.261 e. The van der Waals surface area contributed by atoms with Gasteiger partial charge in [0.15, 0.2) is 6.61 Å². The highest BCUT2D eigenvalue weighted by molar-refractivity contribution is 5.90. The Morgan fingerprint density at radius 3 is 2.31 bits per heavy atom. The zero-order valence-electron chi connectivity index (χ0n) is 20.2. The average Bonchev–Trinajstić information content (AvgIpc) is 2.91. The predicted molar refractivity (Wildman–Crippen MR) is 139 cm³/mol. The first-order chi connectivity index (χ1) is 17.5. The quantitative estimate of drug-likeness (QED) is 0.339. The van der Waals surface area contributed by atoms with E-state index in [0.717, 1.165) is 21.9 Å². The van der Waals surface area contributed by atoms with E-state index >= 15 is 0 Å². The van der Waals surface area contributed by atoms with Crippen molar-refractivity contribution in [3.63, 3.8) is 0 Å². The minimum Gasteiger partial charge on any atom is -0.483 e. The summed E-state index contributed by atoms with van der Waals surface area (Å²) in [5.74, 6) is -0.345. The van der Waals surface area contributed by atoms with Gasteiger partial charge in [0.25, 0.3) is 5.91 Å². The summed E-state index contributed by atoms with van der Waals surface area (Å²) in [4.78, 5) is 28.3. The second-order valence-electron chi connectivity index (χ2n) is 8.51. The summed E-state index contributed by atoms with van der Waals surface area (Å²) in [5.41, 5.74) is 1.65. The summed E-state index contributed by atoms with van der Waals surface area (Å²) in [5, 5.41) is 4.77. The van der Waals surface area contributed by atoms with E-state index in [0.29, 0.717) is 18.7 Å². The fourth-order valence-corrected chi connectivity index (χ4v) is 4.18. The van der Waals surface area contributed by atoms with Gasteiger partial charge in [0.1, 0.15) is 17.6 Å². The molecule has 2 amide bonds. The maximum absolute atomic E-state index is 13.6. The van der Waals surface area contributed by atoms with Crippen LogP contribution in [0.3, 0.4) is 0 Å². The highest BCUT2D eigenvalue weighted by atomic mass is 19.1. The molecule has 4 rings (SSSR count). The lowest BCUT2D eigenvalue weighted by atomic mass is 10.0. The highest BCUT2D eigenvalue weighted by Crippen LogP contribution is 2.25. The Morgan fingerprint density at radius 1 is 0.861 bits per heavy atom. The van der Waals surface area contributed by atoms with Gasteiger partial charge in [-0.05, 0) is 41.6 Å². The monoisotopic (exact) mass is 484 g/mol. The van der Waals surface area contributed by atoms with Crippen molar-refractivity contribution in [3.05, 3.63) is 114 Å². The first-order valence-electron chi connectivity index (χ1n) is 12.0. The van der Waals surface area contributed by atoms with Crippen molar-refractivity contribution in [2.24, 2.45) is 0 Å². The number of benzene rings is 4. The molecule has 0 radical (unpaired) electrons. The first-order valence-corrected chi connectivity index (χ1v) is 12.0. The Hall–Kier alpha value is -4.19. The largest absolute Gasteiger partial charge is 0.483 e. The minimum absolute atomic E-state index is 0.145. The Kier molecular flexibility index (Phi) is 8.29. The molecule has 0 aliphatic heterocycles. The van der Waals surface area contributed by atoms with Crippen molar-refractivity contribution in [1.82, 2.24) is 10.2 Å². The zero-order valence-corrected chi connectivity index (χ0v) is 20.2. The normalized spacial score (nSPS) is 11.6. The van der Waals surface area contributed by atoms with Gasteiger partial charge in [-0.15, -0.1) is 0 Å². The van der Waals surface area contributed by atoms with E-state index in [9.17, 15) is 14.0 Å². The molecule has 0 aliphatic carbocycles. The van der Waals surface area contributed by atoms with Crippen LogP contribution < -0.4 is 10.1 Å². The number of halogens is 1. The molecule has 6 heteroatoms. The van der Waals surface area contributed by atoms with Crippen molar-refractivity contribution >= 4 is 22.6 Å². The Bertz CT molecular complexity index is 1300. The topological polar surface area (TPSA) is 58.6 Å². The summed E-state index contributed by atoms with van der Waals surface area (Å²) >= 11 is 0. The first kappa shape index (κ1) is 24.9. The number of nitrogens with one attached hydrogen (secondary N) is 1. The number of carbonyl (C=O) groups is 2. The standard InChI is InChI=1S/C30H29FN2O3/c1-2-32-30(35)27(19-22-9-4-3-5-10-22)33(20-23-15-17-25(31)18-16-23)29(34)21-36-28-14-8-12-24-11-6-7-13-26(24)28/h3-18,27H,2,19-21H2,1H3,(H,32,35)/t27-/m0/s1. The van der Waals surface area contributed by atoms with Gasteiger partial charge < -0.3 is 15.0 Å². The van der Waals surface area contributed by atoms with Crippen LogP contribution in [0.25, 0.3) is 10.8 Å². The lowest BCUT2D eigenvalue weighted by Gasteiger charge is -2.31. The number of nitrogens with zero attached hydrogens (tertiary/aromatic N) is 1. The van der Waals surface area contributed by atoms with Crippen LogP contribution in [-0.4, -0.2) is 35.9 Å². The van der Waals surface area contributed by atoms with Crippen LogP contribution in [0.2, 0.25) is 0 Å². The van der Waals surface area contributed by atoms with Crippen molar-refractivity contribution in [3.8, 4) is 5.75 Å². The molecule has 5 nitrogen and oxygen atoms in total. The Balaban J connectivity index is 1.62. The van der Waals surface area contributed by atoms with Gasteiger partial charge in [-0.3, -0.25) is 9.59 Å². The van der Waals surface area contributed by atoms with Crippen LogP contribution in [0.5, 0.6) is 5.75 Å². The van der Waals surface area contributed by atoms with Crippen molar-refractivity contribution in [1.29, 1.82) is 0 Å². The second kappa shape index (κ2) is 12.0. The van der Waals surface area contributed by atoms with Crippen molar-refractivity contribution in [2.45, 2.75) is 25.9 Å². The fourth-order valence-electron chi connectivity index (χ4n) is 4.18.